The van der Waals surface area contributed by atoms with E-state index in [1.54, 1.807) is 0 Å². The Kier molecular flexibility index (Phi) is 6.73. The third-order valence-electron chi connectivity index (χ3n) is 5.96. The van der Waals surface area contributed by atoms with Gasteiger partial charge >= 0.3 is 0 Å². The number of benzene rings is 1. The molecule has 1 aromatic carbocycles. The molecule has 3 heterocycles. The van der Waals surface area contributed by atoms with E-state index in [1.165, 1.54) is 22.2 Å². The van der Waals surface area contributed by atoms with Crippen LogP contribution in [0.15, 0.2) is 29.3 Å². The molecule has 0 bridgehead atoms. The summed E-state index contributed by atoms with van der Waals surface area (Å²) in [5.74, 6) is -0.175. The smallest absolute Gasteiger partial charge is 0.273 e. The Hall–Kier alpha value is -3.27. The van der Waals surface area contributed by atoms with E-state index in [1.807, 2.05) is 39.0 Å². The SMILES string of the molecule is CCNC(=O)C1CCN(c2nc3ncn(CC(=O)Nc4ccc(C)c(C)c4)c(=O)c3s2)CC1. The van der Waals surface area contributed by atoms with Gasteiger partial charge in [-0.15, -0.1) is 0 Å². The maximum absolute atomic E-state index is 13.0. The van der Waals surface area contributed by atoms with Crippen molar-refractivity contribution in [3.05, 3.63) is 46.0 Å². The van der Waals surface area contributed by atoms with Crippen molar-refractivity contribution in [2.45, 2.75) is 40.2 Å². The molecule has 1 aliphatic heterocycles. The number of rotatable bonds is 6. The number of hydrogen-bond donors (Lipinski definition) is 2. The Bertz CT molecular complexity index is 1240. The predicted molar refractivity (Wildman–Crippen MR) is 130 cm³/mol. The molecule has 0 radical (unpaired) electrons. The molecule has 3 aromatic rings. The normalized spacial score (nSPS) is 14.5. The minimum atomic E-state index is -0.293. The molecule has 10 heteroatoms. The number of aryl methyl sites for hydroxylation is 2. The van der Waals surface area contributed by atoms with Crippen molar-refractivity contribution < 1.29 is 9.59 Å². The van der Waals surface area contributed by atoms with Crippen LogP contribution in [-0.4, -0.2) is 46.0 Å². The number of amides is 2. The molecule has 4 rings (SSSR count). The standard InChI is InChI=1S/C23H28N6O3S/c1-4-24-21(31)16-7-9-28(10-8-16)23-27-20-19(33-23)22(32)29(13-25-20)12-18(30)26-17-6-5-14(2)15(3)11-17/h5-6,11,13,16H,4,7-10,12H2,1-3H3,(H,24,31)(H,26,30). The van der Waals surface area contributed by atoms with Crippen molar-refractivity contribution in [3.63, 3.8) is 0 Å². The van der Waals surface area contributed by atoms with Crippen LogP contribution >= 0.6 is 11.3 Å². The Balaban J connectivity index is 1.45. The van der Waals surface area contributed by atoms with Crippen molar-refractivity contribution in [1.82, 2.24) is 19.9 Å². The lowest BCUT2D eigenvalue weighted by Crippen LogP contribution is -2.40. The van der Waals surface area contributed by atoms with Gasteiger partial charge in [-0.1, -0.05) is 17.4 Å². The van der Waals surface area contributed by atoms with Gasteiger partial charge in [-0.2, -0.15) is 4.98 Å². The average molecular weight is 469 g/mol. The second-order valence-corrected chi connectivity index (χ2v) is 9.31. The number of fused-ring (bicyclic) bond motifs is 1. The lowest BCUT2D eigenvalue weighted by Gasteiger charge is -2.30. The number of nitrogens with one attached hydrogen (secondary N) is 2. The van der Waals surface area contributed by atoms with E-state index in [9.17, 15) is 14.4 Å². The number of nitrogens with zero attached hydrogens (tertiary/aromatic N) is 4. The highest BCUT2D eigenvalue weighted by Gasteiger charge is 2.26. The third kappa shape index (κ3) is 5.05. The van der Waals surface area contributed by atoms with Crippen molar-refractivity contribution in [2.75, 3.05) is 29.9 Å². The summed E-state index contributed by atoms with van der Waals surface area (Å²) < 4.78 is 1.74. The van der Waals surface area contributed by atoms with Crippen molar-refractivity contribution >= 4 is 44.3 Å². The van der Waals surface area contributed by atoms with Gasteiger partial charge in [0.15, 0.2) is 10.8 Å². The summed E-state index contributed by atoms with van der Waals surface area (Å²) in [5.41, 5.74) is 3.03. The number of piperidine rings is 1. The molecule has 1 aliphatic rings. The van der Waals surface area contributed by atoms with Crippen LogP contribution in [-0.2, 0) is 16.1 Å². The van der Waals surface area contributed by atoms with Gasteiger partial charge in [-0.25, -0.2) is 4.98 Å². The molecule has 0 aliphatic carbocycles. The van der Waals surface area contributed by atoms with Crippen LogP contribution in [0, 0.1) is 19.8 Å². The molecule has 0 saturated carbocycles. The highest BCUT2D eigenvalue weighted by Crippen LogP contribution is 2.29. The maximum atomic E-state index is 13.0. The van der Waals surface area contributed by atoms with Crippen molar-refractivity contribution in [3.8, 4) is 0 Å². The topological polar surface area (TPSA) is 109 Å². The van der Waals surface area contributed by atoms with Gasteiger partial charge in [0, 0.05) is 31.2 Å². The molecule has 0 unspecified atom stereocenters. The van der Waals surface area contributed by atoms with Gasteiger partial charge in [-0.3, -0.25) is 19.0 Å². The van der Waals surface area contributed by atoms with Crippen LogP contribution in [0.4, 0.5) is 10.8 Å². The fraction of sp³-hybridized carbons (Fsp3) is 0.435. The zero-order valence-electron chi connectivity index (χ0n) is 19.1. The summed E-state index contributed by atoms with van der Waals surface area (Å²) in [6, 6.07) is 5.69. The molecule has 9 nitrogen and oxygen atoms in total. The number of aromatic nitrogens is 3. The first-order chi connectivity index (χ1) is 15.9. The average Bonchev–Trinajstić information content (AvgIpc) is 3.24. The van der Waals surface area contributed by atoms with Crippen LogP contribution < -0.4 is 21.1 Å². The summed E-state index contributed by atoms with van der Waals surface area (Å²) in [5, 5.41) is 6.44. The summed E-state index contributed by atoms with van der Waals surface area (Å²) in [4.78, 5) is 48.5. The van der Waals surface area contributed by atoms with E-state index >= 15 is 0 Å². The fourth-order valence-corrected chi connectivity index (χ4v) is 4.93. The molecule has 1 fully saturated rings. The Labute approximate surface area is 195 Å². The van der Waals surface area contributed by atoms with Gasteiger partial charge in [-0.05, 0) is 56.9 Å². The lowest BCUT2D eigenvalue weighted by atomic mass is 9.96. The number of thiazole rings is 1. The van der Waals surface area contributed by atoms with E-state index < -0.39 is 0 Å². The fourth-order valence-electron chi connectivity index (χ4n) is 3.91. The van der Waals surface area contributed by atoms with Gasteiger partial charge in [0.1, 0.15) is 17.6 Å². The van der Waals surface area contributed by atoms with Gasteiger partial charge < -0.3 is 15.5 Å². The summed E-state index contributed by atoms with van der Waals surface area (Å²) in [6.07, 6.45) is 2.87. The minimum absolute atomic E-state index is 0.0155. The Morgan fingerprint density at radius 1 is 1.18 bits per heavy atom. The minimum Gasteiger partial charge on any atom is -0.356 e. The van der Waals surface area contributed by atoms with E-state index in [0.29, 0.717) is 35.7 Å². The molecule has 0 spiro atoms. The highest BCUT2D eigenvalue weighted by atomic mass is 32.1. The quantitative estimate of drug-likeness (QED) is 0.575. The Morgan fingerprint density at radius 3 is 2.64 bits per heavy atom. The molecular weight excluding hydrogens is 440 g/mol. The third-order valence-corrected chi connectivity index (χ3v) is 7.06. The summed E-state index contributed by atoms with van der Waals surface area (Å²) in [7, 11) is 0. The monoisotopic (exact) mass is 468 g/mol. The molecule has 0 atom stereocenters. The Morgan fingerprint density at radius 2 is 1.94 bits per heavy atom. The molecule has 2 N–H and O–H groups in total. The second kappa shape index (κ2) is 9.70. The van der Waals surface area contributed by atoms with Crippen molar-refractivity contribution in [2.24, 2.45) is 5.92 Å². The first-order valence-electron chi connectivity index (χ1n) is 11.1. The van der Waals surface area contributed by atoms with Gasteiger partial charge in [0.25, 0.3) is 5.56 Å². The molecule has 174 valence electrons. The molecule has 33 heavy (non-hydrogen) atoms. The summed E-state index contributed by atoms with van der Waals surface area (Å²) >= 11 is 1.29. The first kappa shape index (κ1) is 22.9. The second-order valence-electron chi connectivity index (χ2n) is 8.33. The van der Waals surface area contributed by atoms with E-state index in [4.69, 9.17) is 0 Å². The number of anilines is 2. The number of carbonyl (C=O) groups is 2. The van der Waals surface area contributed by atoms with Crippen molar-refractivity contribution in [1.29, 1.82) is 0 Å². The number of carbonyl (C=O) groups excluding carboxylic acids is 2. The van der Waals surface area contributed by atoms with Crippen LogP contribution in [0.1, 0.15) is 30.9 Å². The highest BCUT2D eigenvalue weighted by molar-refractivity contribution is 7.22. The van der Waals surface area contributed by atoms with E-state index in [2.05, 4.69) is 25.5 Å². The van der Waals surface area contributed by atoms with Crippen LogP contribution in [0.25, 0.3) is 10.3 Å². The van der Waals surface area contributed by atoms with E-state index in [-0.39, 0.29) is 29.8 Å². The van der Waals surface area contributed by atoms with Gasteiger partial charge in [0.2, 0.25) is 11.8 Å². The maximum Gasteiger partial charge on any atom is 0.273 e. The molecule has 2 amide bonds. The van der Waals surface area contributed by atoms with Crippen LogP contribution in [0.2, 0.25) is 0 Å². The lowest BCUT2D eigenvalue weighted by molar-refractivity contribution is -0.125. The number of hydrogen-bond acceptors (Lipinski definition) is 7. The van der Waals surface area contributed by atoms with Crippen LogP contribution in [0.3, 0.4) is 0 Å². The first-order valence-corrected chi connectivity index (χ1v) is 11.9. The molecular formula is C23H28N6O3S. The zero-order chi connectivity index (χ0) is 23.5. The largest absolute Gasteiger partial charge is 0.356 e. The van der Waals surface area contributed by atoms with Crippen LogP contribution in [0.5, 0.6) is 0 Å². The van der Waals surface area contributed by atoms with Gasteiger partial charge in [0.05, 0.1) is 0 Å². The predicted octanol–water partition coefficient (Wildman–Crippen LogP) is 2.46. The zero-order valence-corrected chi connectivity index (χ0v) is 19.9. The summed E-state index contributed by atoms with van der Waals surface area (Å²) in [6.45, 7) is 7.83. The molecule has 1 saturated heterocycles. The van der Waals surface area contributed by atoms with E-state index in [0.717, 1.165) is 29.1 Å². The molecule has 2 aromatic heterocycles.